The molecule has 11 heteroatoms. The highest BCUT2D eigenvalue weighted by molar-refractivity contribution is 5.97. The molecule has 1 aromatic heterocycles. The lowest BCUT2D eigenvalue weighted by Crippen LogP contribution is -2.46. The van der Waals surface area contributed by atoms with Gasteiger partial charge in [-0.1, -0.05) is 0 Å². The molecule has 2 aromatic rings. The van der Waals surface area contributed by atoms with E-state index >= 15 is 0 Å². The summed E-state index contributed by atoms with van der Waals surface area (Å²) in [5.41, 5.74) is 3.81. The number of ether oxygens (including phenoxy) is 3. The molecule has 1 saturated heterocycles. The Labute approximate surface area is 279 Å². The number of H-pyrrole nitrogens is 1. The van der Waals surface area contributed by atoms with Crippen molar-refractivity contribution in [3.8, 4) is 5.75 Å². The summed E-state index contributed by atoms with van der Waals surface area (Å²) >= 11 is 0. The van der Waals surface area contributed by atoms with Crippen LogP contribution in [0.5, 0.6) is 5.75 Å². The standard InChI is InChI=1S/C36H55N5O6/c1-9-41(28-12-10-27(11-13-28)39(8)35(44)47-36(5,6)7)32-22-29(46-19-16-40-14-17-45-18-15-40)21-30(26(32)4)33(42)37-23-31-24(2)20-25(3)38-34(31)43/h20-22,27-28H,9-19,23H2,1-8H3,(H,37,42)(H,38,43). The summed E-state index contributed by atoms with van der Waals surface area (Å²) in [6, 6.07) is 6.15. The zero-order chi connectivity index (χ0) is 34.3. The van der Waals surface area contributed by atoms with Crippen LogP contribution in [0.4, 0.5) is 10.5 Å². The Morgan fingerprint density at radius 3 is 2.32 bits per heavy atom. The Morgan fingerprint density at radius 1 is 1.04 bits per heavy atom. The normalized spacial score (nSPS) is 18.8. The number of aryl methyl sites for hydroxylation is 2. The highest BCUT2D eigenvalue weighted by atomic mass is 16.6. The van der Waals surface area contributed by atoms with E-state index in [1.54, 1.807) is 4.90 Å². The number of nitrogens with zero attached hydrogens (tertiary/aromatic N) is 3. The predicted molar refractivity (Wildman–Crippen MR) is 185 cm³/mol. The maximum absolute atomic E-state index is 13.8. The molecular formula is C36H55N5O6. The Bertz CT molecular complexity index is 1440. The number of amides is 2. The van der Waals surface area contributed by atoms with Crippen LogP contribution in [0, 0.1) is 20.8 Å². The van der Waals surface area contributed by atoms with Gasteiger partial charge in [-0.05, 0) is 97.4 Å². The minimum atomic E-state index is -0.535. The summed E-state index contributed by atoms with van der Waals surface area (Å²) in [5, 5.41) is 3.00. The van der Waals surface area contributed by atoms with Gasteiger partial charge >= 0.3 is 6.09 Å². The van der Waals surface area contributed by atoms with Crippen molar-refractivity contribution in [3.63, 3.8) is 0 Å². The maximum Gasteiger partial charge on any atom is 0.410 e. The van der Waals surface area contributed by atoms with Crippen molar-refractivity contribution in [2.45, 2.75) is 98.4 Å². The second-order valence-corrected chi connectivity index (χ2v) is 13.9. The molecule has 0 unspecified atom stereocenters. The van der Waals surface area contributed by atoms with Gasteiger partial charge in [-0.15, -0.1) is 0 Å². The number of rotatable bonds is 11. The van der Waals surface area contributed by atoms with Crippen LogP contribution >= 0.6 is 0 Å². The van der Waals surface area contributed by atoms with E-state index in [0.29, 0.717) is 23.5 Å². The molecule has 47 heavy (non-hydrogen) atoms. The minimum absolute atomic E-state index is 0.116. The Hall–Kier alpha value is -3.57. The van der Waals surface area contributed by atoms with Crippen LogP contribution in [0.25, 0.3) is 0 Å². The topological polar surface area (TPSA) is 116 Å². The van der Waals surface area contributed by atoms with Crippen LogP contribution in [0.2, 0.25) is 0 Å². The number of aromatic nitrogens is 1. The van der Waals surface area contributed by atoms with Crippen molar-refractivity contribution in [1.82, 2.24) is 20.1 Å². The fourth-order valence-corrected chi connectivity index (χ4v) is 6.64. The van der Waals surface area contributed by atoms with Crippen LogP contribution < -0.4 is 20.5 Å². The van der Waals surface area contributed by atoms with Gasteiger partial charge in [-0.2, -0.15) is 0 Å². The molecule has 1 aliphatic heterocycles. The lowest BCUT2D eigenvalue weighted by Gasteiger charge is -2.41. The van der Waals surface area contributed by atoms with E-state index < -0.39 is 5.60 Å². The zero-order valence-electron chi connectivity index (χ0n) is 29.7. The molecule has 1 aromatic carbocycles. The van der Waals surface area contributed by atoms with Crippen LogP contribution in [0.3, 0.4) is 0 Å². The molecule has 0 bridgehead atoms. The average Bonchev–Trinajstić information content (AvgIpc) is 3.01. The van der Waals surface area contributed by atoms with Gasteiger partial charge in [-0.3, -0.25) is 14.5 Å². The molecule has 0 atom stereocenters. The zero-order valence-corrected chi connectivity index (χ0v) is 29.7. The van der Waals surface area contributed by atoms with Crippen molar-refractivity contribution < 1.29 is 23.8 Å². The summed E-state index contributed by atoms with van der Waals surface area (Å²) in [7, 11) is 1.83. The number of pyridine rings is 1. The van der Waals surface area contributed by atoms with Crippen LogP contribution in [0.1, 0.15) is 86.1 Å². The van der Waals surface area contributed by atoms with Crippen LogP contribution in [-0.2, 0) is 16.0 Å². The summed E-state index contributed by atoms with van der Waals surface area (Å²) in [6.07, 6.45) is 3.26. The van der Waals surface area contributed by atoms with E-state index in [1.165, 1.54) is 0 Å². The van der Waals surface area contributed by atoms with Gasteiger partial charge in [0.25, 0.3) is 11.5 Å². The summed E-state index contributed by atoms with van der Waals surface area (Å²) in [4.78, 5) is 48.4. The average molecular weight is 654 g/mol. The highest BCUT2D eigenvalue weighted by Crippen LogP contribution is 2.35. The molecule has 2 amide bonds. The molecule has 1 saturated carbocycles. The largest absolute Gasteiger partial charge is 0.492 e. The van der Waals surface area contributed by atoms with E-state index in [4.69, 9.17) is 14.2 Å². The van der Waals surface area contributed by atoms with E-state index in [0.717, 1.165) is 87.6 Å². The molecule has 2 N–H and O–H groups in total. The molecule has 0 spiro atoms. The van der Waals surface area contributed by atoms with E-state index in [2.05, 4.69) is 33.1 Å². The van der Waals surface area contributed by atoms with Crippen molar-refractivity contribution in [1.29, 1.82) is 0 Å². The first-order valence-electron chi connectivity index (χ1n) is 17.0. The third-order valence-corrected chi connectivity index (χ3v) is 9.28. The maximum atomic E-state index is 13.8. The Balaban J connectivity index is 1.54. The Morgan fingerprint density at radius 2 is 1.70 bits per heavy atom. The number of morpholine rings is 1. The van der Waals surface area contributed by atoms with Crippen LogP contribution in [0.15, 0.2) is 23.0 Å². The monoisotopic (exact) mass is 653 g/mol. The first kappa shape index (κ1) is 36.3. The molecule has 0 radical (unpaired) electrons. The Kier molecular flexibility index (Phi) is 12.4. The van der Waals surface area contributed by atoms with Gasteiger partial charge in [0.15, 0.2) is 0 Å². The van der Waals surface area contributed by atoms with Crippen molar-refractivity contribution in [2.24, 2.45) is 0 Å². The number of hydrogen-bond donors (Lipinski definition) is 2. The summed E-state index contributed by atoms with van der Waals surface area (Å²) in [5.74, 6) is 0.394. The number of anilines is 1. The molecule has 1 aliphatic carbocycles. The SMILES string of the molecule is CCN(c1cc(OCCN2CCOCC2)cc(C(=O)NCc2c(C)cc(C)[nH]c2=O)c1C)C1CCC(N(C)C(=O)OC(C)(C)C)CC1. The van der Waals surface area contributed by atoms with Gasteiger partial charge in [0, 0.05) is 80.4 Å². The third-order valence-electron chi connectivity index (χ3n) is 9.28. The van der Waals surface area contributed by atoms with Crippen molar-refractivity contribution >= 4 is 17.7 Å². The summed E-state index contributed by atoms with van der Waals surface area (Å²) < 4.78 is 17.4. The molecule has 260 valence electrons. The van der Waals surface area contributed by atoms with Crippen LogP contribution in [-0.4, -0.2) is 97.5 Å². The van der Waals surface area contributed by atoms with Gasteiger partial charge in [-0.25, -0.2) is 4.79 Å². The quantitative estimate of drug-likeness (QED) is 0.350. The highest BCUT2D eigenvalue weighted by Gasteiger charge is 2.32. The molecule has 11 nitrogen and oxygen atoms in total. The second kappa shape index (κ2) is 16.0. The minimum Gasteiger partial charge on any atom is -0.492 e. The lowest BCUT2D eigenvalue weighted by atomic mass is 9.88. The summed E-state index contributed by atoms with van der Waals surface area (Å²) in [6.45, 7) is 18.9. The van der Waals surface area contributed by atoms with E-state index in [1.807, 2.05) is 60.7 Å². The fourth-order valence-electron chi connectivity index (χ4n) is 6.64. The van der Waals surface area contributed by atoms with Gasteiger partial charge in [0.1, 0.15) is 18.0 Å². The number of carbonyl (C=O) groups excluding carboxylic acids is 2. The van der Waals surface area contributed by atoms with Crippen molar-refractivity contribution in [2.75, 3.05) is 57.9 Å². The molecule has 4 rings (SSSR count). The second-order valence-electron chi connectivity index (χ2n) is 13.9. The molecular weight excluding hydrogens is 598 g/mol. The number of carbonyl (C=O) groups is 2. The smallest absolute Gasteiger partial charge is 0.410 e. The fraction of sp³-hybridized carbons (Fsp3) is 0.639. The molecule has 2 fully saturated rings. The van der Waals surface area contributed by atoms with E-state index in [9.17, 15) is 14.4 Å². The number of hydrogen-bond acceptors (Lipinski definition) is 8. The predicted octanol–water partition coefficient (Wildman–Crippen LogP) is 4.95. The van der Waals surface area contributed by atoms with Gasteiger partial charge in [0.05, 0.1) is 13.2 Å². The number of nitrogens with one attached hydrogen (secondary N) is 2. The van der Waals surface area contributed by atoms with Gasteiger partial charge in [0.2, 0.25) is 0 Å². The molecule has 2 aliphatic rings. The number of aromatic amines is 1. The lowest BCUT2D eigenvalue weighted by molar-refractivity contribution is 0.0182. The third kappa shape index (κ3) is 9.73. The first-order valence-corrected chi connectivity index (χ1v) is 17.0. The van der Waals surface area contributed by atoms with Crippen molar-refractivity contribution in [3.05, 3.63) is 56.5 Å². The first-order chi connectivity index (χ1) is 22.3. The van der Waals surface area contributed by atoms with E-state index in [-0.39, 0.29) is 36.2 Å². The number of benzene rings is 1. The van der Waals surface area contributed by atoms with Gasteiger partial charge < -0.3 is 34.3 Å². The molecule has 2 heterocycles.